The van der Waals surface area contributed by atoms with Crippen LogP contribution < -0.4 is 5.32 Å². The van der Waals surface area contributed by atoms with Crippen LogP contribution in [-0.4, -0.2) is 7.05 Å². The molecule has 4 atom stereocenters. The van der Waals surface area contributed by atoms with Gasteiger partial charge in [-0.25, -0.2) is 0 Å². The second-order valence-corrected chi connectivity index (χ2v) is 6.93. The van der Waals surface area contributed by atoms with E-state index in [4.69, 9.17) is 11.6 Å². The fourth-order valence-electron chi connectivity index (χ4n) is 4.27. The molecular weight excluding hydrogens is 254 g/mol. The first-order chi connectivity index (χ1) is 9.17. The number of benzene rings is 1. The molecule has 19 heavy (non-hydrogen) atoms. The second kappa shape index (κ2) is 5.46. The van der Waals surface area contributed by atoms with Crippen LogP contribution in [0.1, 0.15) is 49.3 Å². The molecule has 0 amide bonds. The average Bonchev–Trinajstić information content (AvgIpc) is 3.01. The largest absolute Gasteiger partial charge is 0.313 e. The molecule has 0 heterocycles. The Morgan fingerprint density at radius 3 is 2.74 bits per heavy atom. The quantitative estimate of drug-likeness (QED) is 0.839. The van der Waals surface area contributed by atoms with Gasteiger partial charge in [-0.3, -0.25) is 0 Å². The van der Waals surface area contributed by atoms with Crippen molar-refractivity contribution < 1.29 is 0 Å². The third-order valence-corrected chi connectivity index (χ3v) is 5.78. The van der Waals surface area contributed by atoms with Crippen molar-refractivity contribution in [1.29, 1.82) is 0 Å². The summed E-state index contributed by atoms with van der Waals surface area (Å²) in [5.41, 5.74) is 2.58. The van der Waals surface area contributed by atoms with Gasteiger partial charge in [0.15, 0.2) is 0 Å². The van der Waals surface area contributed by atoms with Crippen LogP contribution in [0.4, 0.5) is 0 Å². The summed E-state index contributed by atoms with van der Waals surface area (Å²) in [5, 5.41) is 4.38. The van der Waals surface area contributed by atoms with Gasteiger partial charge < -0.3 is 5.32 Å². The lowest BCUT2D eigenvalue weighted by molar-refractivity contribution is 0.284. The topological polar surface area (TPSA) is 12.0 Å². The molecule has 4 unspecified atom stereocenters. The van der Waals surface area contributed by atoms with Crippen LogP contribution in [0.15, 0.2) is 18.2 Å². The number of halogens is 1. The predicted molar refractivity (Wildman–Crippen MR) is 81.5 cm³/mol. The lowest BCUT2D eigenvalue weighted by atomic mass is 9.82. The third-order valence-electron chi connectivity index (χ3n) is 5.36. The molecule has 104 valence electrons. The predicted octanol–water partition coefficient (Wildman–Crippen LogP) is 4.74. The molecule has 2 aliphatic carbocycles. The lowest BCUT2D eigenvalue weighted by Crippen LogP contribution is -2.22. The van der Waals surface area contributed by atoms with Crippen LogP contribution in [0.25, 0.3) is 0 Å². The maximum absolute atomic E-state index is 6.13. The second-order valence-electron chi connectivity index (χ2n) is 6.52. The molecule has 1 aromatic rings. The fourth-order valence-corrected chi connectivity index (χ4v) is 4.39. The maximum atomic E-state index is 6.13. The number of fused-ring (bicyclic) bond motifs is 2. The zero-order valence-corrected chi connectivity index (χ0v) is 12.7. The molecule has 0 spiro atoms. The summed E-state index contributed by atoms with van der Waals surface area (Å²) < 4.78 is 0. The van der Waals surface area contributed by atoms with Gasteiger partial charge in [0.25, 0.3) is 0 Å². The highest BCUT2D eigenvalue weighted by atomic mass is 35.5. The Morgan fingerprint density at radius 2 is 2.16 bits per heavy atom. The molecule has 2 aliphatic rings. The van der Waals surface area contributed by atoms with E-state index in [1.807, 2.05) is 6.07 Å². The molecule has 1 N–H and O–H groups in total. The molecule has 2 fully saturated rings. The normalized spacial score (nSPS) is 30.8. The summed E-state index contributed by atoms with van der Waals surface area (Å²) >= 11 is 6.13. The first-order valence-electron chi connectivity index (χ1n) is 7.60. The van der Waals surface area contributed by atoms with Crippen LogP contribution in [0.3, 0.4) is 0 Å². The van der Waals surface area contributed by atoms with Crippen molar-refractivity contribution in [3.05, 3.63) is 34.3 Å². The van der Waals surface area contributed by atoms with E-state index in [9.17, 15) is 0 Å². The van der Waals surface area contributed by atoms with Crippen molar-refractivity contribution in [2.45, 2.75) is 45.1 Å². The van der Waals surface area contributed by atoms with Crippen LogP contribution in [0.5, 0.6) is 0 Å². The van der Waals surface area contributed by atoms with Crippen molar-refractivity contribution in [3.63, 3.8) is 0 Å². The summed E-state index contributed by atoms with van der Waals surface area (Å²) in [6, 6.07) is 6.96. The summed E-state index contributed by atoms with van der Waals surface area (Å²) in [6.07, 6.45) is 7.23. The number of hydrogen-bond donors (Lipinski definition) is 1. The van der Waals surface area contributed by atoms with E-state index < -0.39 is 0 Å². The number of aryl methyl sites for hydroxylation is 1. The van der Waals surface area contributed by atoms with Gasteiger partial charge in [0, 0.05) is 11.1 Å². The smallest absolute Gasteiger partial charge is 0.0435 e. The molecule has 2 saturated carbocycles. The molecule has 1 nitrogen and oxygen atoms in total. The van der Waals surface area contributed by atoms with Gasteiger partial charge in [-0.15, -0.1) is 0 Å². The number of nitrogens with one attached hydrogen (secondary N) is 1. The zero-order valence-electron chi connectivity index (χ0n) is 12.0. The van der Waals surface area contributed by atoms with E-state index in [-0.39, 0.29) is 0 Å². The van der Waals surface area contributed by atoms with E-state index in [2.05, 4.69) is 31.4 Å². The standard InChI is InChI=1S/C17H24ClN/c1-11-7-14(5-6-16(11)18)17(19-2)10-15-9-12-3-4-13(15)8-12/h5-7,12-13,15,17,19H,3-4,8-10H2,1-2H3. The molecule has 1 aromatic carbocycles. The average molecular weight is 278 g/mol. The Kier molecular flexibility index (Phi) is 3.86. The third kappa shape index (κ3) is 2.68. The van der Waals surface area contributed by atoms with Crippen molar-refractivity contribution in [2.75, 3.05) is 7.05 Å². The van der Waals surface area contributed by atoms with E-state index in [1.165, 1.54) is 43.2 Å². The fraction of sp³-hybridized carbons (Fsp3) is 0.647. The lowest BCUT2D eigenvalue weighted by Gasteiger charge is -2.27. The zero-order chi connectivity index (χ0) is 13.4. The SMILES string of the molecule is CNC(CC1CC2CCC1C2)c1ccc(Cl)c(C)c1. The Morgan fingerprint density at radius 1 is 1.32 bits per heavy atom. The minimum Gasteiger partial charge on any atom is -0.313 e. The highest BCUT2D eigenvalue weighted by Gasteiger charge is 2.40. The van der Waals surface area contributed by atoms with Gasteiger partial charge in [0.2, 0.25) is 0 Å². The van der Waals surface area contributed by atoms with Crippen molar-refractivity contribution in [2.24, 2.45) is 17.8 Å². The first kappa shape index (κ1) is 13.5. The molecular formula is C17H24ClN. The van der Waals surface area contributed by atoms with Crippen LogP contribution in [0.2, 0.25) is 5.02 Å². The molecule has 0 aliphatic heterocycles. The van der Waals surface area contributed by atoms with Gasteiger partial charge in [0.1, 0.15) is 0 Å². The Labute approximate surface area is 121 Å². The van der Waals surface area contributed by atoms with Gasteiger partial charge >= 0.3 is 0 Å². The summed E-state index contributed by atoms with van der Waals surface area (Å²) in [4.78, 5) is 0. The Bertz CT molecular complexity index is 457. The van der Waals surface area contributed by atoms with Gasteiger partial charge in [-0.2, -0.15) is 0 Å². The minimum absolute atomic E-state index is 0.486. The van der Waals surface area contributed by atoms with Crippen LogP contribution in [0, 0.1) is 24.7 Å². The summed E-state index contributed by atoms with van der Waals surface area (Å²) in [5.74, 6) is 2.99. The molecule has 0 aromatic heterocycles. The van der Waals surface area contributed by atoms with Crippen molar-refractivity contribution in [3.8, 4) is 0 Å². The van der Waals surface area contributed by atoms with Gasteiger partial charge in [0.05, 0.1) is 0 Å². The number of hydrogen-bond acceptors (Lipinski definition) is 1. The van der Waals surface area contributed by atoms with Gasteiger partial charge in [-0.1, -0.05) is 30.2 Å². The highest BCUT2D eigenvalue weighted by molar-refractivity contribution is 6.31. The van der Waals surface area contributed by atoms with Crippen LogP contribution >= 0.6 is 11.6 Å². The monoisotopic (exact) mass is 277 g/mol. The Hall–Kier alpha value is -0.530. The van der Waals surface area contributed by atoms with Crippen LogP contribution in [-0.2, 0) is 0 Å². The number of rotatable bonds is 4. The highest BCUT2D eigenvalue weighted by Crippen LogP contribution is 2.50. The van der Waals surface area contributed by atoms with Gasteiger partial charge in [-0.05, 0) is 74.6 Å². The van der Waals surface area contributed by atoms with E-state index in [0.717, 1.165) is 22.8 Å². The molecule has 0 radical (unpaired) electrons. The minimum atomic E-state index is 0.486. The van der Waals surface area contributed by atoms with E-state index in [0.29, 0.717) is 6.04 Å². The summed E-state index contributed by atoms with van der Waals surface area (Å²) in [6.45, 7) is 2.09. The van der Waals surface area contributed by atoms with E-state index >= 15 is 0 Å². The van der Waals surface area contributed by atoms with Crippen molar-refractivity contribution in [1.82, 2.24) is 5.32 Å². The first-order valence-corrected chi connectivity index (χ1v) is 7.98. The molecule has 2 heteroatoms. The maximum Gasteiger partial charge on any atom is 0.0435 e. The Balaban J connectivity index is 1.71. The van der Waals surface area contributed by atoms with Crippen molar-refractivity contribution >= 4 is 11.6 Å². The molecule has 3 rings (SSSR count). The molecule has 0 saturated heterocycles. The summed E-state index contributed by atoms with van der Waals surface area (Å²) in [7, 11) is 2.09. The van der Waals surface area contributed by atoms with E-state index in [1.54, 1.807) is 0 Å². The molecule has 2 bridgehead atoms.